The average molecular weight is 334 g/mol. The highest BCUT2D eigenvalue weighted by atomic mass is 16.4. The summed E-state index contributed by atoms with van der Waals surface area (Å²) in [5.41, 5.74) is 0.960. The van der Waals surface area contributed by atoms with Crippen molar-refractivity contribution in [2.75, 3.05) is 0 Å². The Morgan fingerprint density at radius 1 is 1.50 bits per heavy atom. The van der Waals surface area contributed by atoms with Crippen molar-refractivity contribution in [3.05, 3.63) is 23.7 Å². The zero-order valence-electron chi connectivity index (χ0n) is 13.8. The van der Waals surface area contributed by atoms with Crippen LogP contribution in [0.25, 0.3) is 0 Å². The van der Waals surface area contributed by atoms with Crippen LogP contribution >= 0.6 is 0 Å². The maximum Gasteiger partial charge on any atom is 0.326 e. The molecule has 2 aliphatic heterocycles. The van der Waals surface area contributed by atoms with Crippen molar-refractivity contribution in [3.63, 3.8) is 0 Å². The molecule has 130 valence electrons. The average Bonchev–Trinajstić information content (AvgIpc) is 3.17. The van der Waals surface area contributed by atoms with E-state index in [0.29, 0.717) is 25.0 Å². The van der Waals surface area contributed by atoms with Gasteiger partial charge in [-0.05, 0) is 18.4 Å². The molecule has 1 saturated heterocycles. The van der Waals surface area contributed by atoms with Crippen LogP contribution < -0.4 is 5.32 Å². The van der Waals surface area contributed by atoms with Crippen LogP contribution in [0, 0.1) is 5.92 Å². The first-order valence-corrected chi connectivity index (χ1v) is 8.34. The SMILES string of the molecule is CC[C@H](C)[C@H](NC(=O)[C@@H]1Cc2occc2[C@H]2CCC(=O)N21)C(=O)O. The summed E-state index contributed by atoms with van der Waals surface area (Å²) in [6.07, 6.45) is 3.54. The van der Waals surface area contributed by atoms with Gasteiger partial charge in [-0.1, -0.05) is 20.3 Å². The molecule has 7 heteroatoms. The monoisotopic (exact) mass is 334 g/mol. The van der Waals surface area contributed by atoms with E-state index >= 15 is 0 Å². The van der Waals surface area contributed by atoms with Gasteiger partial charge in [0.15, 0.2) is 0 Å². The lowest BCUT2D eigenvalue weighted by Crippen LogP contribution is -2.56. The quantitative estimate of drug-likeness (QED) is 0.849. The Balaban J connectivity index is 1.84. The maximum atomic E-state index is 12.7. The molecule has 0 unspecified atom stereocenters. The summed E-state index contributed by atoms with van der Waals surface area (Å²) >= 11 is 0. The normalized spacial score (nSPS) is 24.9. The van der Waals surface area contributed by atoms with Crippen molar-refractivity contribution >= 4 is 17.8 Å². The Labute approximate surface area is 140 Å². The summed E-state index contributed by atoms with van der Waals surface area (Å²) < 4.78 is 5.47. The van der Waals surface area contributed by atoms with E-state index in [2.05, 4.69) is 5.32 Å². The number of furan rings is 1. The fraction of sp³-hybridized carbons (Fsp3) is 0.588. The minimum absolute atomic E-state index is 0.0672. The number of rotatable bonds is 5. The van der Waals surface area contributed by atoms with E-state index in [1.54, 1.807) is 18.1 Å². The minimum Gasteiger partial charge on any atom is -0.480 e. The maximum absolute atomic E-state index is 12.7. The van der Waals surface area contributed by atoms with Gasteiger partial charge < -0.3 is 19.7 Å². The molecule has 0 bridgehead atoms. The summed E-state index contributed by atoms with van der Waals surface area (Å²) in [6.45, 7) is 3.66. The summed E-state index contributed by atoms with van der Waals surface area (Å²) in [7, 11) is 0. The molecule has 2 N–H and O–H groups in total. The molecule has 0 spiro atoms. The van der Waals surface area contributed by atoms with E-state index in [1.807, 2.05) is 13.0 Å². The lowest BCUT2D eigenvalue weighted by molar-refractivity contribution is -0.146. The van der Waals surface area contributed by atoms with Crippen molar-refractivity contribution in [1.82, 2.24) is 10.2 Å². The van der Waals surface area contributed by atoms with Gasteiger partial charge in [-0.3, -0.25) is 9.59 Å². The fourth-order valence-corrected chi connectivity index (χ4v) is 3.64. The second kappa shape index (κ2) is 6.30. The van der Waals surface area contributed by atoms with Crippen LogP contribution in [0.1, 0.15) is 50.5 Å². The zero-order chi connectivity index (χ0) is 17.4. The third-order valence-corrected chi connectivity index (χ3v) is 5.19. The van der Waals surface area contributed by atoms with E-state index in [0.717, 1.165) is 5.56 Å². The van der Waals surface area contributed by atoms with E-state index < -0.39 is 24.0 Å². The Bertz CT molecular complexity index is 668. The topological polar surface area (TPSA) is 99.9 Å². The highest BCUT2D eigenvalue weighted by Gasteiger charge is 2.46. The Morgan fingerprint density at radius 2 is 2.25 bits per heavy atom. The van der Waals surface area contributed by atoms with Gasteiger partial charge in [0.05, 0.1) is 12.3 Å². The standard InChI is InChI=1S/C17H22N2O5/c1-3-9(2)15(17(22)23)18-16(21)12-8-13-10(6-7-24-13)11-4-5-14(20)19(11)12/h6-7,9,11-12,15H,3-5,8H2,1-2H3,(H,18,21)(H,22,23)/t9-,11+,12-,15-/m0/s1. The molecule has 0 saturated carbocycles. The third-order valence-electron chi connectivity index (χ3n) is 5.19. The molecule has 1 fully saturated rings. The van der Waals surface area contributed by atoms with E-state index in [9.17, 15) is 19.5 Å². The van der Waals surface area contributed by atoms with Crippen LogP contribution in [0.3, 0.4) is 0 Å². The van der Waals surface area contributed by atoms with Crippen molar-refractivity contribution in [2.24, 2.45) is 5.92 Å². The smallest absolute Gasteiger partial charge is 0.326 e. The van der Waals surface area contributed by atoms with Gasteiger partial charge >= 0.3 is 5.97 Å². The first-order chi connectivity index (χ1) is 11.4. The number of carboxylic acids is 1. The molecule has 2 aliphatic rings. The predicted octanol–water partition coefficient (Wildman–Crippen LogP) is 1.48. The molecule has 1 aromatic rings. The van der Waals surface area contributed by atoms with Crippen LogP contribution in [0.4, 0.5) is 0 Å². The van der Waals surface area contributed by atoms with Crippen molar-refractivity contribution in [3.8, 4) is 0 Å². The lowest BCUT2D eigenvalue weighted by Gasteiger charge is -2.37. The van der Waals surface area contributed by atoms with E-state index in [1.165, 1.54) is 0 Å². The van der Waals surface area contributed by atoms with Crippen LogP contribution in [-0.4, -0.2) is 39.9 Å². The molecule has 3 rings (SSSR count). The zero-order valence-corrected chi connectivity index (χ0v) is 13.8. The van der Waals surface area contributed by atoms with Gasteiger partial charge in [-0.25, -0.2) is 4.79 Å². The van der Waals surface area contributed by atoms with Gasteiger partial charge in [-0.2, -0.15) is 0 Å². The summed E-state index contributed by atoms with van der Waals surface area (Å²) in [5.74, 6) is -1.04. The third kappa shape index (κ3) is 2.68. The predicted molar refractivity (Wildman–Crippen MR) is 84.0 cm³/mol. The van der Waals surface area contributed by atoms with E-state index in [-0.39, 0.29) is 24.3 Å². The summed E-state index contributed by atoms with van der Waals surface area (Å²) in [6, 6.07) is 0.0210. The summed E-state index contributed by atoms with van der Waals surface area (Å²) in [4.78, 5) is 38.1. The van der Waals surface area contributed by atoms with Gasteiger partial charge in [0.2, 0.25) is 11.8 Å². The van der Waals surface area contributed by atoms with Gasteiger partial charge in [-0.15, -0.1) is 0 Å². The number of nitrogens with one attached hydrogen (secondary N) is 1. The number of nitrogens with zero attached hydrogens (tertiary/aromatic N) is 1. The highest BCUT2D eigenvalue weighted by molar-refractivity contribution is 5.92. The second-order valence-electron chi connectivity index (χ2n) is 6.58. The van der Waals surface area contributed by atoms with E-state index in [4.69, 9.17) is 4.42 Å². The van der Waals surface area contributed by atoms with Crippen LogP contribution in [0.15, 0.2) is 16.7 Å². The van der Waals surface area contributed by atoms with Gasteiger partial charge in [0.25, 0.3) is 0 Å². The first kappa shape index (κ1) is 16.5. The Kier molecular flexibility index (Phi) is 4.34. The molecule has 24 heavy (non-hydrogen) atoms. The Morgan fingerprint density at radius 3 is 2.92 bits per heavy atom. The molecule has 0 aromatic carbocycles. The highest BCUT2D eigenvalue weighted by Crippen LogP contribution is 2.41. The van der Waals surface area contributed by atoms with Gasteiger partial charge in [0, 0.05) is 18.4 Å². The Hall–Kier alpha value is -2.31. The molecular weight excluding hydrogens is 312 g/mol. The number of fused-ring (bicyclic) bond motifs is 3. The molecule has 3 heterocycles. The molecule has 2 amide bonds. The number of carbonyl (C=O) groups is 3. The molecular formula is C17H22N2O5. The largest absolute Gasteiger partial charge is 0.480 e. The molecule has 7 nitrogen and oxygen atoms in total. The summed E-state index contributed by atoms with van der Waals surface area (Å²) in [5, 5.41) is 12.0. The second-order valence-corrected chi connectivity index (χ2v) is 6.58. The van der Waals surface area contributed by atoms with Crippen molar-refractivity contribution in [1.29, 1.82) is 0 Å². The number of hydrogen-bond donors (Lipinski definition) is 2. The minimum atomic E-state index is -1.06. The van der Waals surface area contributed by atoms with Gasteiger partial charge in [0.1, 0.15) is 17.8 Å². The number of amides is 2. The van der Waals surface area contributed by atoms with Crippen LogP contribution in [0.5, 0.6) is 0 Å². The lowest BCUT2D eigenvalue weighted by atomic mass is 9.93. The van der Waals surface area contributed by atoms with Crippen molar-refractivity contribution < 1.29 is 23.9 Å². The number of carboxylic acid groups (broad SMARTS) is 1. The number of carbonyl (C=O) groups excluding carboxylic acids is 2. The van der Waals surface area contributed by atoms with Crippen molar-refractivity contribution in [2.45, 2.75) is 57.7 Å². The number of hydrogen-bond acceptors (Lipinski definition) is 4. The molecule has 4 atom stereocenters. The van der Waals surface area contributed by atoms with Crippen LogP contribution in [-0.2, 0) is 20.8 Å². The van der Waals surface area contributed by atoms with Crippen LogP contribution in [0.2, 0.25) is 0 Å². The molecule has 0 radical (unpaired) electrons. The number of aliphatic carboxylic acids is 1. The fourth-order valence-electron chi connectivity index (χ4n) is 3.64. The molecule has 0 aliphatic carbocycles. The molecule has 1 aromatic heterocycles. The first-order valence-electron chi connectivity index (χ1n) is 8.34.